The monoisotopic (exact) mass is 139 g/mol. The third-order valence-corrected chi connectivity index (χ3v) is 1.61. The molecule has 0 saturated carbocycles. The molecule has 1 heterocycles. The van der Waals surface area contributed by atoms with Gasteiger partial charge in [-0.3, -0.25) is 4.68 Å². The summed E-state index contributed by atoms with van der Waals surface area (Å²) in [5.41, 5.74) is 7.97. The minimum Gasteiger partial charge on any atom is -0.323 e. The van der Waals surface area contributed by atoms with Crippen molar-refractivity contribution in [3.05, 3.63) is 17.5 Å². The summed E-state index contributed by atoms with van der Waals surface area (Å²) >= 11 is 0. The van der Waals surface area contributed by atoms with E-state index in [0.29, 0.717) is 0 Å². The first-order valence-corrected chi connectivity index (χ1v) is 3.37. The Bertz CT molecular complexity index is 205. The van der Waals surface area contributed by atoms with Gasteiger partial charge in [-0.25, -0.2) is 0 Å². The molecule has 1 aromatic heterocycles. The number of rotatable bonds is 1. The Kier molecular flexibility index (Phi) is 1.76. The molecule has 0 amide bonds. The Morgan fingerprint density at radius 2 is 2.30 bits per heavy atom. The van der Waals surface area contributed by atoms with Crippen LogP contribution in [0.1, 0.15) is 24.2 Å². The van der Waals surface area contributed by atoms with Crippen molar-refractivity contribution in [1.29, 1.82) is 0 Å². The van der Waals surface area contributed by atoms with Gasteiger partial charge in [-0.05, 0) is 19.4 Å². The summed E-state index contributed by atoms with van der Waals surface area (Å²) < 4.78 is 1.82. The van der Waals surface area contributed by atoms with E-state index in [1.165, 1.54) is 0 Å². The van der Waals surface area contributed by atoms with Crippen molar-refractivity contribution in [2.75, 3.05) is 0 Å². The predicted octanol–water partition coefficient (Wildman–Crippen LogP) is 0.748. The van der Waals surface area contributed by atoms with E-state index in [4.69, 9.17) is 5.73 Å². The molecule has 1 aromatic rings. The maximum Gasteiger partial charge on any atom is 0.0574 e. The number of hydrogen-bond donors (Lipinski definition) is 1. The molecule has 0 aliphatic heterocycles. The number of nitrogens with zero attached hydrogens (tertiary/aromatic N) is 2. The maximum atomic E-state index is 5.70. The molecule has 0 aliphatic carbocycles. The normalized spacial score (nSPS) is 13.6. The Morgan fingerprint density at radius 1 is 1.70 bits per heavy atom. The first kappa shape index (κ1) is 7.28. The van der Waals surface area contributed by atoms with Crippen LogP contribution < -0.4 is 5.73 Å². The molecule has 0 aliphatic rings. The summed E-state index contributed by atoms with van der Waals surface area (Å²) in [4.78, 5) is 0. The van der Waals surface area contributed by atoms with E-state index in [0.717, 1.165) is 11.3 Å². The third-order valence-electron chi connectivity index (χ3n) is 1.61. The van der Waals surface area contributed by atoms with Gasteiger partial charge in [0.2, 0.25) is 0 Å². The molecule has 56 valence electrons. The van der Waals surface area contributed by atoms with Gasteiger partial charge in [-0.15, -0.1) is 0 Å². The van der Waals surface area contributed by atoms with E-state index in [1.807, 2.05) is 31.8 Å². The van der Waals surface area contributed by atoms with Crippen LogP contribution in [0.3, 0.4) is 0 Å². The largest absolute Gasteiger partial charge is 0.323 e. The Morgan fingerprint density at radius 3 is 2.50 bits per heavy atom. The van der Waals surface area contributed by atoms with Crippen molar-refractivity contribution in [2.24, 2.45) is 12.8 Å². The molecule has 0 aromatic carbocycles. The molecule has 0 saturated heterocycles. The first-order valence-electron chi connectivity index (χ1n) is 3.37. The van der Waals surface area contributed by atoms with Crippen LogP contribution >= 0.6 is 0 Å². The lowest BCUT2D eigenvalue weighted by atomic mass is 10.2. The lowest BCUT2D eigenvalue weighted by Crippen LogP contribution is -2.11. The molecule has 1 atom stereocenters. The molecule has 0 unspecified atom stereocenters. The van der Waals surface area contributed by atoms with Crippen LogP contribution in [0, 0.1) is 6.92 Å². The molecular weight excluding hydrogens is 126 g/mol. The quantitative estimate of drug-likeness (QED) is 0.624. The van der Waals surface area contributed by atoms with Gasteiger partial charge >= 0.3 is 0 Å². The second-order valence-corrected chi connectivity index (χ2v) is 2.63. The molecule has 3 nitrogen and oxygen atoms in total. The molecule has 0 spiro atoms. The standard InChI is InChI=1S/C7H13N3/c1-5-4-9-10(3)7(5)6(2)8/h4,6H,8H2,1-3H3/t6-/m1/s1. The maximum absolute atomic E-state index is 5.70. The third kappa shape index (κ3) is 1.04. The highest BCUT2D eigenvalue weighted by Gasteiger charge is 2.07. The topological polar surface area (TPSA) is 43.8 Å². The van der Waals surface area contributed by atoms with Crippen molar-refractivity contribution in [2.45, 2.75) is 19.9 Å². The summed E-state index contributed by atoms with van der Waals surface area (Å²) in [5.74, 6) is 0. The average Bonchev–Trinajstić information content (AvgIpc) is 2.11. The van der Waals surface area contributed by atoms with E-state index in [-0.39, 0.29) is 6.04 Å². The van der Waals surface area contributed by atoms with Crippen LogP contribution in [-0.2, 0) is 7.05 Å². The summed E-state index contributed by atoms with van der Waals surface area (Å²) in [6, 6.07) is 0.0764. The number of aryl methyl sites for hydroxylation is 2. The Labute approximate surface area is 60.8 Å². The van der Waals surface area contributed by atoms with Crippen LogP contribution in [0.4, 0.5) is 0 Å². The fourth-order valence-corrected chi connectivity index (χ4v) is 1.21. The Balaban J connectivity index is 3.10. The summed E-state index contributed by atoms with van der Waals surface area (Å²) in [6.45, 7) is 3.98. The fraction of sp³-hybridized carbons (Fsp3) is 0.571. The highest BCUT2D eigenvalue weighted by molar-refractivity contribution is 5.17. The van der Waals surface area contributed by atoms with Crippen molar-refractivity contribution in [3.63, 3.8) is 0 Å². The second kappa shape index (κ2) is 2.42. The minimum absolute atomic E-state index is 0.0764. The van der Waals surface area contributed by atoms with E-state index < -0.39 is 0 Å². The average molecular weight is 139 g/mol. The molecule has 3 heteroatoms. The van der Waals surface area contributed by atoms with Gasteiger partial charge < -0.3 is 5.73 Å². The number of aromatic nitrogens is 2. The van der Waals surface area contributed by atoms with Crippen molar-refractivity contribution >= 4 is 0 Å². The van der Waals surface area contributed by atoms with Crippen LogP contribution in [0.25, 0.3) is 0 Å². The molecule has 0 radical (unpaired) electrons. The zero-order valence-corrected chi connectivity index (χ0v) is 6.63. The molecule has 0 fully saturated rings. The SMILES string of the molecule is Cc1cnn(C)c1[C@@H](C)N. The van der Waals surface area contributed by atoms with Crippen molar-refractivity contribution in [1.82, 2.24) is 9.78 Å². The van der Waals surface area contributed by atoms with Crippen molar-refractivity contribution in [3.8, 4) is 0 Å². The van der Waals surface area contributed by atoms with E-state index in [9.17, 15) is 0 Å². The van der Waals surface area contributed by atoms with Gasteiger partial charge in [-0.1, -0.05) is 0 Å². The van der Waals surface area contributed by atoms with Crippen LogP contribution in [0.15, 0.2) is 6.20 Å². The summed E-state index contributed by atoms with van der Waals surface area (Å²) in [6.07, 6.45) is 1.83. The molecule has 0 bridgehead atoms. The second-order valence-electron chi connectivity index (χ2n) is 2.63. The fourth-order valence-electron chi connectivity index (χ4n) is 1.21. The van der Waals surface area contributed by atoms with Crippen LogP contribution in [-0.4, -0.2) is 9.78 Å². The van der Waals surface area contributed by atoms with Gasteiger partial charge in [0, 0.05) is 13.1 Å². The summed E-state index contributed by atoms with van der Waals surface area (Å²) in [7, 11) is 1.91. The van der Waals surface area contributed by atoms with Crippen LogP contribution in [0.2, 0.25) is 0 Å². The highest BCUT2D eigenvalue weighted by atomic mass is 15.3. The van der Waals surface area contributed by atoms with Gasteiger partial charge in [0.1, 0.15) is 0 Å². The van der Waals surface area contributed by atoms with Gasteiger partial charge in [0.15, 0.2) is 0 Å². The molecule has 1 rings (SSSR count). The zero-order chi connectivity index (χ0) is 7.72. The van der Waals surface area contributed by atoms with E-state index in [1.54, 1.807) is 0 Å². The van der Waals surface area contributed by atoms with Gasteiger partial charge in [0.25, 0.3) is 0 Å². The van der Waals surface area contributed by atoms with Crippen molar-refractivity contribution < 1.29 is 0 Å². The molecule has 10 heavy (non-hydrogen) atoms. The van der Waals surface area contributed by atoms with E-state index >= 15 is 0 Å². The Hall–Kier alpha value is -0.830. The first-order chi connectivity index (χ1) is 4.63. The van der Waals surface area contributed by atoms with E-state index in [2.05, 4.69) is 5.10 Å². The van der Waals surface area contributed by atoms with Gasteiger partial charge in [0.05, 0.1) is 11.9 Å². The highest BCUT2D eigenvalue weighted by Crippen LogP contribution is 2.12. The number of hydrogen-bond acceptors (Lipinski definition) is 2. The van der Waals surface area contributed by atoms with Gasteiger partial charge in [-0.2, -0.15) is 5.10 Å². The van der Waals surface area contributed by atoms with Crippen LogP contribution in [0.5, 0.6) is 0 Å². The number of nitrogens with two attached hydrogens (primary N) is 1. The zero-order valence-electron chi connectivity index (χ0n) is 6.63. The smallest absolute Gasteiger partial charge is 0.0574 e. The summed E-state index contributed by atoms with van der Waals surface area (Å²) in [5, 5.41) is 4.07. The lowest BCUT2D eigenvalue weighted by molar-refractivity contribution is 0.651. The lowest BCUT2D eigenvalue weighted by Gasteiger charge is -2.06. The molecule has 2 N–H and O–H groups in total. The predicted molar refractivity (Wildman–Crippen MR) is 40.5 cm³/mol. The molecular formula is C7H13N3. The minimum atomic E-state index is 0.0764.